The van der Waals surface area contributed by atoms with Gasteiger partial charge in [0.05, 0.1) is 12.2 Å². The summed E-state index contributed by atoms with van der Waals surface area (Å²) in [4.78, 5) is 39.1. The summed E-state index contributed by atoms with van der Waals surface area (Å²) in [7, 11) is 1.68. The molecule has 20 heavy (non-hydrogen) atoms. The molecule has 2 rings (SSSR count). The van der Waals surface area contributed by atoms with Crippen molar-refractivity contribution in [1.82, 2.24) is 19.8 Å². The molecule has 1 aromatic heterocycles. The monoisotopic (exact) mass is 280 g/mol. The number of aromatic carboxylic acids is 1. The fourth-order valence-corrected chi connectivity index (χ4v) is 2.08. The van der Waals surface area contributed by atoms with E-state index in [1.54, 1.807) is 16.5 Å². The zero-order chi connectivity index (χ0) is 14.7. The van der Waals surface area contributed by atoms with Crippen molar-refractivity contribution in [3.63, 3.8) is 0 Å². The van der Waals surface area contributed by atoms with Crippen LogP contribution in [0.4, 0.5) is 0 Å². The highest BCUT2D eigenvalue weighted by Gasteiger charge is 2.31. The van der Waals surface area contributed by atoms with Gasteiger partial charge >= 0.3 is 5.97 Å². The molecular formula is C12H16N4O4. The molecule has 8 nitrogen and oxygen atoms in total. The number of carboxylic acid groups (broad SMARTS) is 1. The fraction of sp³-hybridized carbons (Fsp3) is 0.500. The minimum atomic E-state index is -1.08. The van der Waals surface area contributed by atoms with Gasteiger partial charge in [-0.25, -0.2) is 9.78 Å². The minimum Gasteiger partial charge on any atom is -0.476 e. The van der Waals surface area contributed by atoms with Gasteiger partial charge in [-0.05, 0) is 0 Å². The van der Waals surface area contributed by atoms with Crippen molar-refractivity contribution in [3.8, 4) is 0 Å². The van der Waals surface area contributed by atoms with Crippen LogP contribution < -0.4 is 5.32 Å². The van der Waals surface area contributed by atoms with Crippen LogP contribution in [0.1, 0.15) is 16.9 Å². The molecule has 0 aliphatic carbocycles. The molecule has 0 spiro atoms. The Hall–Kier alpha value is -2.38. The van der Waals surface area contributed by atoms with E-state index < -0.39 is 5.97 Å². The maximum absolute atomic E-state index is 11.8. The second kappa shape index (κ2) is 5.72. The molecule has 0 radical (unpaired) electrons. The molecule has 1 saturated heterocycles. The number of carbonyl (C=O) groups is 3. The molecule has 1 unspecified atom stereocenters. The number of nitrogens with one attached hydrogen (secondary N) is 1. The van der Waals surface area contributed by atoms with Gasteiger partial charge in [0.1, 0.15) is 0 Å². The first kappa shape index (κ1) is 14.0. The Kier molecular flexibility index (Phi) is 4.02. The molecular weight excluding hydrogens is 264 g/mol. The van der Waals surface area contributed by atoms with E-state index in [-0.39, 0.29) is 29.8 Å². The van der Waals surface area contributed by atoms with Crippen molar-refractivity contribution >= 4 is 17.8 Å². The summed E-state index contributed by atoms with van der Waals surface area (Å²) in [5.41, 5.74) is -0.0284. The predicted octanol–water partition coefficient (Wildman–Crippen LogP) is -0.824. The Bertz CT molecular complexity index is 539. The van der Waals surface area contributed by atoms with Crippen LogP contribution in [0.5, 0.6) is 0 Å². The van der Waals surface area contributed by atoms with E-state index in [4.69, 9.17) is 5.11 Å². The number of carbonyl (C=O) groups excluding carboxylic acids is 2. The molecule has 1 fully saturated rings. The van der Waals surface area contributed by atoms with Gasteiger partial charge in [-0.15, -0.1) is 0 Å². The second-order valence-corrected chi connectivity index (χ2v) is 4.77. The maximum Gasteiger partial charge on any atom is 0.356 e. The van der Waals surface area contributed by atoms with E-state index in [1.165, 1.54) is 12.5 Å². The van der Waals surface area contributed by atoms with Gasteiger partial charge in [0.15, 0.2) is 5.69 Å². The van der Waals surface area contributed by atoms with Crippen molar-refractivity contribution in [2.24, 2.45) is 5.92 Å². The lowest BCUT2D eigenvalue weighted by Crippen LogP contribution is -2.34. The Labute approximate surface area is 115 Å². The average Bonchev–Trinajstić information content (AvgIpc) is 2.98. The van der Waals surface area contributed by atoms with Crippen LogP contribution in [-0.4, -0.2) is 57.5 Å². The molecule has 2 heterocycles. The quantitative estimate of drug-likeness (QED) is 0.733. The summed E-state index contributed by atoms with van der Waals surface area (Å²) in [6, 6.07) is 0. The lowest BCUT2D eigenvalue weighted by molar-refractivity contribution is -0.128. The van der Waals surface area contributed by atoms with Crippen LogP contribution in [0.15, 0.2) is 12.5 Å². The standard InChI is InChI=1S/C12H16N4O4/c1-15-5-8(4-10(15)17)11(18)13-2-3-16-6-9(12(19)20)14-7-16/h6-8H,2-5H2,1H3,(H,13,18)(H,19,20). The van der Waals surface area contributed by atoms with Gasteiger partial charge in [-0.2, -0.15) is 0 Å². The average molecular weight is 280 g/mol. The summed E-state index contributed by atoms with van der Waals surface area (Å²) >= 11 is 0. The van der Waals surface area contributed by atoms with Crippen LogP contribution in [0, 0.1) is 5.92 Å². The summed E-state index contributed by atoms with van der Waals surface area (Å²) in [5, 5.41) is 11.5. The third-order valence-corrected chi connectivity index (χ3v) is 3.23. The van der Waals surface area contributed by atoms with Crippen molar-refractivity contribution < 1.29 is 19.5 Å². The number of likely N-dealkylation sites (tertiary alicyclic amines) is 1. The molecule has 2 N–H and O–H groups in total. The first-order chi connectivity index (χ1) is 9.47. The SMILES string of the molecule is CN1CC(C(=O)NCCn2cnc(C(=O)O)c2)CC1=O. The molecule has 0 aromatic carbocycles. The topological polar surface area (TPSA) is 105 Å². The Morgan fingerprint density at radius 3 is 2.85 bits per heavy atom. The highest BCUT2D eigenvalue weighted by molar-refractivity contribution is 5.89. The molecule has 8 heteroatoms. The van der Waals surface area contributed by atoms with Crippen LogP contribution in [0.3, 0.4) is 0 Å². The van der Waals surface area contributed by atoms with E-state index in [2.05, 4.69) is 10.3 Å². The van der Waals surface area contributed by atoms with E-state index >= 15 is 0 Å². The van der Waals surface area contributed by atoms with Gasteiger partial charge in [-0.1, -0.05) is 0 Å². The largest absolute Gasteiger partial charge is 0.476 e. The van der Waals surface area contributed by atoms with E-state index in [0.717, 1.165) is 0 Å². The smallest absolute Gasteiger partial charge is 0.356 e. The van der Waals surface area contributed by atoms with Crippen LogP contribution in [-0.2, 0) is 16.1 Å². The zero-order valence-corrected chi connectivity index (χ0v) is 11.1. The zero-order valence-electron chi connectivity index (χ0n) is 11.1. The molecule has 2 amide bonds. The predicted molar refractivity (Wildman–Crippen MR) is 67.9 cm³/mol. The third-order valence-electron chi connectivity index (χ3n) is 3.23. The van der Waals surface area contributed by atoms with Crippen molar-refractivity contribution in [2.45, 2.75) is 13.0 Å². The fourth-order valence-electron chi connectivity index (χ4n) is 2.08. The minimum absolute atomic E-state index is 0.0224. The van der Waals surface area contributed by atoms with Crippen LogP contribution in [0.25, 0.3) is 0 Å². The van der Waals surface area contributed by atoms with Gasteiger partial charge in [0, 0.05) is 39.3 Å². The van der Waals surface area contributed by atoms with E-state index in [9.17, 15) is 14.4 Å². The molecule has 0 bridgehead atoms. The number of hydrogen-bond acceptors (Lipinski definition) is 4. The lowest BCUT2D eigenvalue weighted by Gasteiger charge is -2.11. The Morgan fingerprint density at radius 1 is 1.55 bits per heavy atom. The highest BCUT2D eigenvalue weighted by Crippen LogP contribution is 2.15. The lowest BCUT2D eigenvalue weighted by atomic mass is 10.1. The number of amides is 2. The van der Waals surface area contributed by atoms with Gasteiger partial charge < -0.3 is 19.9 Å². The number of hydrogen-bond donors (Lipinski definition) is 2. The number of rotatable bonds is 5. The summed E-state index contributed by atoms with van der Waals surface area (Å²) in [6.45, 7) is 1.24. The summed E-state index contributed by atoms with van der Waals surface area (Å²) in [5.74, 6) is -1.56. The highest BCUT2D eigenvalue weighted by atomic mass is 16.4. The van der Waals surface area contributed by atoms with Crippen LogP contribution in [0.2, 0.25) is 0 Å². The van der Waals surface area contributed by atoms with Crippen LogP contribution >= 0.6 is 0 Å². The number of imidazole rings is 1. The number of carboxylic acids is 1. The molecule has 0 saturated carbocycles. The first-order valence-corrected chi connectivity index (χ1v) is 6.24. The van der Waals surface area contributed by atoms with E-state index in [1.807, 2.05) is 0 Å². The Balaban J connectivity index is 1.76. The van der Waals surface area contributed by atoms with Crippen molar-refractivity contribution in [2.75, 3.05) is 20.1 Å². The summed E-state index contributed by atoms with van der Waals surface area (Å²) < 4.78 is 1.59. The molecule has 108 valence electrons. The van der Waals surface area contributed by atoms with Crippen molar-refractivity contribution in [3.05, 3.63) is 18.2 Å². The van der Waals surface area contributed by atoms with Crippen molar-refractivity contribution in [1.29, 1.82) is 0 Å². The summed E-state index contributed by atoms with van der Waals surface area (Å²) in [6.07, 6.45) is 3.06. The van der Waals surface area contributed by atoms with Gasteiger partial charge in [0.25, 0.3) is 0 Å². The molecule has 1 aliphatic heterocycles. The number of nitrogens with zero attached hydrogens (tertiary/aromatic N) is 3. The van der Waals surface area contributed by atoms with Gasteiger partial charge in [-0.3, -0.25) is 9.59 Å². The maximum atomic E-state index is 11.8. The molecule has 1 aromatic rings. The molecule has 1 atom stereocenters. The second-order valence-electron chi connectivity index (χ2n) is 4.77. The van der Waals surface area contributed by atoms with Gasteiger partial charge in [0.2, 0.25) is 11.8 Å². The third kappa shape index (κ3) is 3.14. The normalized spacial score (nSPS) is 18.4. The first-order valence-electron chi connectivity index (χ1n) is 6.24. The number of aromatic nitrogens is 2. The molecule has 1 aliphatic rings. The van der Waals surface area contributed by atoms with E-state index in [0.29, 0.717) is 19.6 Å². The Morgan fingerprint density at radius 2 is 2.30 bits per heavy atom.